The van der Waals surface area contributed by atoms with Crippen LogP contribution < -0.4 is 9.47 Å². The van der Waals surface area contributed by atoms with E-state index in [0.717, 1.165) is 40.0 Å². The van der Waals surface area contributed by atoms with Gasteiger partial charge in [0, 0.05) is 9.75 Å². The first-order chi connectivity index (χ1) is 26.1. The second kappa shape index (κ2) is 17.1. The minimum atomic E-state index is -0.343. The first-order valence-electron chi connectivity index (χ1n) is 18.6. The third-order valence-electron chi connectivity index (χ3n) is 10.1. The zero-order valence-electron chi connectivity index (χ0n) is 31.4. The molecule has 0 aliphatic heterocycles. The summed E-state index contributed by atoms with van der Waals surface area (Å²) >= 11 is 3.45. The van der Waals surface area contributed by atoms with Crippen molar-refractivity contribution < 1.29 is 14.6 Å². The number of ether oxygens (including phenoxy) is 2. The van der Waals surface area contributed by atoms with E-state index in [1.807, 2.05) is 76.2 Å². The van der Waals surface area contributed by atoms with E-state index in [1.54, 1.807) is 22.7 Å². The van der Waals surface area contributed by atoms with Crippen molar-refractivity contribution in [1.82, 2.24) is 0 Å². The van der Waals surface area contributed by atoms with E-state index < -0.39 is 0 Å². The lowest BCUT2D eigenvalue weighted by atomic mass is 9.98. The molecular formula is C48H48N2O3S2. The molecule has 1 N–H and O–H groups in total. The summed E-state index contributed by atoms with van der Waals surface area (Å²) in [7, 11) is 0. The lowest BCUT2D eigenvalue weighted by Crippen LogP contribution is -2.06. The molecule has 55 heavy (non-hydrogen) atoms. The highest BCUT2D eigenvalue weighted by atomic mass is 32.1. The third kappa shape index (κ3) is 8.41. The van der Waals surface area contributed by atoms with Gasteiger partial charge in [-0.15, -0.1) is 22.7 Å². The summed E-state index contributed by atoms with van der Waals surface area (Å²) in [5.74, 6) is 1.94. The molecule has 2 aliphatic carbocycles. The van der Waals surface area contributed by atoms with Gasteiger partial charge in [0.05, 0.1) is 29.4 Å². The highest BCUT2D eigenvalue weighted by Gasteiger charge is 2.24. The fraction of sp³-hybridized carbons (Fsp3) is 0.292. The van der Waals surface area contributed by atoms with E-state index in [-0.39, 0.29) is 25.7 Å². The average molecular weight is 765 g/mol. The summed E-state index contributed by atoms with van der Waals surface area (Å²) in [6, 6.07) is 33.5. The van der Waals surface area contributed by atoms with Crippen LogP contribution in [0.25, 0.3) is 43.1 Å². The molecule has 6 aromatic rings. The number of rotatable bonds is 8. The predicted octanol–water partition coefficient (Wildman–Crippen LogP) is 13.1. The van der Waals surface area contributed by atoms with Crippen LogP contribution in [0.2, 0.25) is 0 Å². The van der Waals surface area contributed by atoms with Crippen molar-refractivity contribution in [3.8, 4) is 66.8 Å². The Morgan fingerprint density at radius 1 is 0.636 bits per heavy atom. The zero-order valence-corrected chi connectivity index (χ0v) is 33.0. The average Bonchev–Trinajstić information content (AvgIpc) is 4.00. The first-order valence-corrected chi connectivity index (χ1v) is 20.4. The molecule has 7 heteroatoms. The molecule has 8 rings (SSSR count). The smallest absolute Gasteiger partial charge is 0.137 e. The normalized spacial score (nSPS) is 15.3. The molecule has 2 unspecified atom stereocenters. The number of aliphatic hydroxyl groups is 1. The van der Waals surface area contributed by atoms with Gasteiger partial charge in [-0.2, -0.15) is 10.5 Å². The zero-order chi connectivity index (χ0) is 37.9. The molecular weight excluding hydrogens is 717 g/mol. The molecule has 2 aromatic heterocycles. The third-order valence-corrected chi connectivity index (χ3v) is 12.1. The molecule has 0 spiro atoms. The molecule has 0 saturated heterocycles. The fourth-order valence-electron chi connectivity index (χ4n) is 7.53. The van der Waals surface area contributed by atoms with Gasteiger partial charge in [-0.05, 0) is 168 Å². The van der Waals surface area contributed by atoms with Crippen molar-refractivity contribution in [2.45, 2.75) is 92.0 Å². The van der Waals surface area contributed by atoms with Gasteiger partial charge in [0.1, 0.15) is 23.6 Å². The summed E-state index contributed by atoms with van der Waals surface area (Å²) < 4.78 is 11.5. The second-order valence-electron chi connectivity index (χ2n) is 14.6. The maximum Gasteiger partial charge on any atom is 0.137 e. The molecule has 2 atom stereocenters. The maximum absolute atomic E-state index is 10.1. The molecule has 0 saturated carbocycles. The van der Waals surface area contributed by atoms with Crippen LogP contribution in [0, 0.1) is 22.7 Å². The van der Waals surface area contributed by atoms with Crippen molar-refractivity contribution in [1.29, 1.82) is 10.5 Å². The van der Waals surface area contributed by atoms with E-state index in [1.165, 1.54) is 51.1 Å². The molecule has 2 heterocycles. The monoisotopic (exact) mass is 764 g/mol. The molecule has 4 aromatic carbocycles. The van der Waals surface area contributed by atoms with Crippen LogP contribution in [0.1, 0.15) is 100 Å². The van der Waals surface area contributed by atoms with Crippen molar-refractivity contribution in [2.75, 3.05) is 0 Å². The molecule has 5 nitrogen and oxygen atoms in total. The van der Waals surface area contributed by atoms with Crippen LogP contribution >= 0.6 is 22.7 Å². The number of hydrogen-bond donors (Lipinski definition) is 1. The number of fused-ring (bicyclic) bond motifs is 2. The fourth-order valence-corrected chi connectivity index (χ4v) is 9.41. The number of hydrogen-bond acceptors (Lipinski definition) is 7. The first kappa shape index (κ1) is 39.5. The Morgan fingerprint density at radius 2 is 1.18 bits per heavy atom. The van der Waals surface area contributed by atoms with E-state index >= 15 is 0 Å². The van der Waals surface area contributed by atoms with E-state index in [9.17, 15) is 15.6 Å². The quantitative estimate of drug-likeness (QED) is 0.167. The Morgan fingerprint density at radius 3 is 1.85 bits per heavy atom. The number of nitriles is 2. The summed E-state index contributed by atoms with van der Waals surface area (Å²) in [5.41, 5.74) is 13.4. The molecule has 2 aliphatic rings. The van der Waals surface area contributed by atoms with Gasteiger partial charge in [0.15, 0.2) is 0 Å². The van der Waals surface area contributed by atoms with Crippen LogP contribution in [-0.4, -0.2) is 17.3 Å². The Bertz CT molecular complexity index is 2220. The Kier molecular flexibility index (Phi) is 12.3. The van der Waals surface area contributed by atoms with Crippen LogP contribution in [0.15, 0.2) is 95.7 Å². The summed E-state index contributed by atoms with van der Waals surface area (Å²) in [4.78, 5) is 2.42. The second-order valence-corrected chi connectivity index (χ2v) is 16.4. The highest BCUT2D eigenvalue weighted by Crippen LogP contribution is 2.43. The van der Waals surface area contributed by atoms with Gasteiger partial charge >= 0.3 is 0 Å². The Balaban J connectivity index is 0.000000184. The SMILES string of the molecule is C.CC(C)Oc1ccc(-c2cc(-c3cccc4c3CCC4O)cs2)cc1C#N.CC(C)Oc1ccc(-c2csc(-c3cccc4c3CCC4C)c2)cc1C#N. The minimum Gasteiger partial charge on any atom is -0.490 e. The van der Waals surface area contributed by atoms with E-state index in [2.05, 4.69) is 66.2 Å². The molecule has 0 radical (unpaired) electrons. The van der Waals surface area contributed by atoms with E-state index in [0.29, 0.717) is 28.5 Å². The molecule has 0 amide bonds. The van der Waals surface area contributed by atoms with E-state index in [4.69, 9.17) is 9.47 Å². The number of nitrogens with zero attached hydrogens (tertiary/aromatic N) is 2. The predicted molar refractivity (Wildman–Crippen MR) is 228 cm³/mol. The van der Waals surface area contributed by atoms with Crippen molar-refractivity contribution in [3.05, 3.63) is 129 Å². The van der Waals surface area contributed by atoms with Gasteiger partial charge in [0.25, 0.3) is 0 Å². The van der Waals surface area contributed by atoms with Crippen LogP contribution in [0.4, 0.5) is 0 Å². The largest absolute Gasteiger partial charge is 0.490 e. The van der Waals surface area contributed by atoms with Gasteiger partial charge in [0.2, 0.25) is 0 Å². The minimum absolute atomic E-state index is 0. The van der Waals surface area contributed by atoms with Gasteiger partial charge in [-0.3, -0.25) is 0 Å². The molecule has 0 bridgehead atoms. The lowest BCUT2D eigenvalue weighted by Gasteiger charge is -2.12. The van der Waals surface area contributed by atoms with Gasteiger partial charge < -0.3 is 14.6 Å². The van der Waals surface area contributed by atoms with Crippen LogP contribution in [-0.2, 0) is 12.8 Å². The van der Waals surface area contributed by atoms with Gasteiger partial charge in [-0.25, -0.2) is 0 Å². The standard InChI is InChI=1S/C24H23NOS.C23H21NO2S.CH4/c1-15(2)26-23-10-8-17(11-18(23)13-25)19-12-24(27-14-19)22-6-4-5-20-16(3)7-9-21(20)22;1-14(2)26-22-9-6-15(10-16(22)12-24)23-11-17(13-27-23)18-4-3-5-20-19(18)7-8-21(20)25;/h4-6,8,10-12,14-16H,7,9H2,1-3H3;3-6,9-11,13-14,21,25H,7-8H2,1-2H3;1H4. The number of aliphatic hydroxyl groups excluding tert-OH is 1. The van der Waals surface area contributed by atoms with Crippen molar-refractivity contribution in [3.63, 3.8) is 0 Å². The molecule has 280 valence electrons. The number of thiophene rings is 2. The Hall–Kier alpha value is -5.18. The molecule has 0 fully saturated rings. The Labute approximate surface area is 334 Å². The highest BCUT2D eigenvalue weighted by molar-refractivity contribution is 7.14. The summed E-state index contributed by atoms with van der Waals surface area (Å²) in [6.45, 7) is 10.2. The van der Waals surface area contributed by atoms with Crippen LogP contribution in [0.5, 0.6) is 11.5 Å². The van der Waals surface area contributed by atoms with Crippen LogP contribution in [0.3, 0.4) is 0 Å². The van der Waals surface area contributed by atoms with Crippen molar-refractivity contribution in [2.24, 2.45) is 0 Å². The topological polar surface area (TPSA) is 86.3 Å². The summed E-state index contributed by atoms with van der Waals surface area (Å²) in [6.07, 6.45) is 3.87. The maximum atomic E-state index is 10.1. The summed E-state index contributed by atoms with van der Waals surface area (Å²) in [5, 5.41) is 33.4. The van der Waals surface area contributed by atoms with Crippen molar-refractivity contribution >= 4 is 22.7 Å². The lowest BCUT2D eigenvalue weighted by molar-refractivity contribution is 0.180. The van der Waals surface area contributed by atoms with Gasteiger partial charge in [-0.1, -0.05) is 56.8 Å². The number of benzene rings is 4.